The van der Waals surface area contributed by atoms with Gasteiger partial charge in [0.05, 0.1) is 6.26 Å². The lowest BCUT2D eigenvalue weighted by atomic mass is 10.1. The van der Waals surface area contributed by atoms with Crippen LogP contribution in [0.15, 0.2) is 34.9 Å². The summed E-state index contributed by atoms with van der Waals surface area (Å²) in [5.74, 6) is 0.429. The normalized spacial score (nSPS) is 10.9. The second kappa shape index (κ2) is 4.39. The van der Waals surface area contributed by atoms with Crippen molar-refractivity contribution in [1.82, 2.24) is 5.32 Å². The molecule has 0 aliphatic rings. The molecule has 2 aromatic rings. The zero-order chi connectivity index (χ0) is 11.5. The molecule has 0 atom stereocenters. The lowest BCUT2D eigenvalue weighted by Gasteiger charge is -2.07. The Bertz CT molecular complexity index is 499. The molecule has 0 aliphatic carbocycles. The molecular formula is C13H15NO2. The maximum atomic E-state index is 11.8. The molecule has 84 valence electrons. The van der Waals surface area contributed by atoms with E-state index in [0.717, 1.165) is 11.0 Å². The highest BCUT2D eigenvalue weighted by molar-refractivity contribution is 5.97. The van der Waals surface area contributed by atoms with Gasteiger partial charge < -0.3 is 9.73 Å². The van der Waals surface area contributed by atoms with Crippen LogP contribution >= 0.6 is 0 Å². The van der Waals surface area contributed by atoms with Gasteiger partial charge in [-0.15, -0.1) is 0 Å². The first-order valence-electron chi connectivity index (χ1n) is 5.42. The third-order valence-corrected chi connectivity index (χ3v) is 2.39. The third-order valence-electron chi connectivity index (χ3n) is 2.39. The summed E-state index contributed by atoms with van der Waals surface area (Å²) in [6.45, 7) is 4.83. The van der Waals surface area contributed by atoms with Crippen LogP contribution in [0.25, 0.3) is 11.0 Å². The lowest BCUT2D eigenvalue weighted by molar-refractivity contribution is 0.0949. The molecule has 0 fully saturated rings. The second-order valence-corrected chi connectivity index (χ2v) is 4.28. The number of fused-ring (bicyclic) bond motifs is 1. The highest BCUT2D eigenvalue weighted by atomic mass is 16.3. The molecule has 16 heavy (non-hydrogen) atoms. The van der Waals surface area contributed by atoms with Crippen molar-refractivity contribution < 1.29 is 9.21 Å². The van der Waals surface area contributed by atoms with Gasteiger partial charge in [-0.2, -0.15) is 0 Å². The molecular weight excluding hydrogens is 202 g/mol. The van der Waals surface area contributed by atoms with E-state index in [9.17, 15) is 4.79 Å². The van der Waals surface area contributed by atoms with E-state index in [1.54, 1.807) is 12.3 Å². The Morgan fingerprint density at radius 3 is 2.94 bits per heavy atom. The van der Waals surface area contributed by atoms with Gasteiger partial charge in [0.2, 0.25) is 0 Å². The van der Waals surface area contributed by atoms with E-state index in [2.05, 4.69) is 19.2 Å². The molecule has 0 spiro atoms. The summed E-state index contributed by atoms with van der Waals surface area (Å²) in [6, 6.07) is 7.30. The van der Waals surface area contributed by atoms with Crippen molar-refractivity contribution in [2.24, 2.45) is 5.92 Å². The predicted molar refractivity (Wildman–Crippen MR) is 63.4 cm³/mol. The fourth-order valence-electron chi connectivity index (χ4n) is 1.51. The summed E-state index contributed by atoms with van der Waals surface area (Å²) >= 11 is 0. The van der Waals surface area contributed by atoms with E-state index in [4.69, 9.17) is 4.42 Å². The zero-order valence-electron chi connectivity index (χ0n) is 9.49. The van der Waals surface area contributed by atoms with Gasteiger partial charge in [0.1, 0.15) is 5.58 Å². The largest absolute Gasteiger partial charge is 0.464 e. The number of carbonyl (C=O) groups excluding carboxylic acids is 1. The monoisotopic (exact) mass is 217 g/mol. The van der Waals surface area contributed by atoms with Crippen molar-refractivity contribution in [3.05, 3.63) is 36.1 Å². The highest BCUT2D eigenvalue weighted by Crippen LogP contribution is 2.16. The molecule has 3 nitrogen and oxygen atoms in total. The van der Waals surface area contributed by atoms with Crippen molar-refractivity contribution in [2.75, 3.05) is 6.54 Å². The molecule has 1 heterocycles. The molecule has 1 N–H and O–H groups in total. The Morgan fingerprint density at radius 1 is 1.38 bits per heavy atom. The highest BCUT2D eigenvalue weighted by Gasteiger charge is 2.07. The SMILES string of the molecule is CC(C)CNC(=O)c1ccc2occc2c1. The van der Waals surface area contributed by atoms with Gasteiger partial charge in [0.15, 0.2) is 0 Å². The minimum absolute atomic E-state index is 0.0307. The summed E-state index contributed by atoms with van der Waals surface area (Å²) in [6.07, 6.45) is 1.63. The Morgan fingerprint density at radius 2 is 2.19 bits per heavy atom. The predicted octanol–water partition coefficient (Wildman–Crippen LogP) is 2.82. The van der Waals surface area contributed by atoms with Crippen LogP contribution in [-0.4, -0.2) is 12.5 Å². The Hall–Kier alpha value is -1.77. The van der Waals surface area contributed by atoms with Crippen LogP contribution in [0, 0.1) is 5.92 Å². The van der Waals surface area contributed by atoms with E-state index in [-0.39, 0.29) is 5.91 Å². The average molecular weight is 217 g/mol. The maximum absolute atomic E-state index is 11.8. The van der Waals surface area contributed by atoms with Gasteiger partial charge in [-0.05, 0) is 30.2 Å². The van der Waals surface area contributed by atoms with E-state index in [1.165, 1.54) is 0 Å². The Kier molecular flexibility index (Phi) is 2.95. The number of benzene rings is 1. The van der Waals surface area contributed by atoms with Crippen LogP contribution in [-0.2, 0) is 0 Å². The summed E-state index contributed by atoms with van der Waals surface area (Å²) in [7, 11) is 0. The van der Waals surface area contributed by atoms with Gasteiger partial charge in [-0.3, -0.25) is 4.79 Å². The van der Waals surface area contributed by atoms with Crippen molar-refractivity contribution in [3.63, 3.8) is 0 Å². The smallest absolute Gasteiger partial charge is 0.251 e. The van der Waals surface area contributed by atoms with Crippen LogP contribution in [0.5, 0.6) is 0 Å². The summed E-state index contributed by atoms with van der Waals surface area (Å²) in [4.78, 5) is 11.8. The van der Waals surface area contributed by atoms with Crippen molar-refractivity contribution in [1.29, 1.82) is 0 Å². The summed E-state index contributed by atoms with van der Waals surface area (Å²) < 4.78 is 5.22. The molecule has 2 rings (SSSR count). The minimum Gasteiger partial charge on any atom is -0.464 e. The topological polar surface area (TPSA) is 42.2 Å². The fraction of sp³-hybridized carbons (Fsp3) is 0.308. The van der Waals surface area contributed by atoms with E-state index < -0.39 is 0 Å². The molecule has 0 unspecified atom stereocenters. The first-order valence-corrected chi connectivity index (χ1v) is 5.42. The molecule has 0 saturated heterocycles. The molecule has 1 aromatic heterocycles. The number of carbonyl (C=O) groups is 1. The zero-order valence-corrected chi connectivity index (χ0v) is 9.49. The van der Waals surface area contributed by atoms with Crippen molar-refractivity contribution >= 4 is 16.9 Å². The van der Waals surface area contributed by atoms with Gasteiger partial charge in [-0.25, -0.2) is 0 Å². The molecule has 1 aromatic carbocycles. The first kappa shape index (κ1) is 10.7. The van der Waals surface area contributed by atoms with E-state index in [1.807, 2.05) is 18.2 Å². The van der Waals surface area contributed by atoms with Gasteiger partial charge >= 0.3 is 0 Å². The van der Waals surface area contributed by atoms with Crippen molar-refractivity contribution in [3.8, 4) is 0 Å². The average Bonchev–Trinajstić information content (AvgIpc) is 2.72. The van der Waals surface area contributed by atoms with Crippen LogP contribution in [0.1, 0.15) is 24.2 Å². The van der Waals surface area contributed by atoms with Crippen molar-refractivity contribution in [2.45, 2.75) is 13.8 Å². The molecule has 0 aliphatic heterocycles. The lowest BCUT2D eigenvalue weighted by Crippen LogP contribution is -2.27. The molecule has 1 amide bonds. The molecule has 3 heteroatoms. The second-order valence-electron chi connectivity index (χ2n) is 4.28. The number of nitrogens with one attached hydrogen (secondary N) is 1. The number of furan rings is 1. The summed E-state index contributed by atoms with van der Waals surface area (Å²) in [5.41, 5.74) is 1.48. The quantitative estimate of drug-likeness (QED) is 0.859. The first-order chi connectivity index (χ1) is 7.66. The molecule has 0 bridgehead atoms. The summed E-state index contributed by atoms with van der Waals surface area (Å²) in [5, 5.41) is 3.84. The maximum Gasteiger partial charge on any atom is 0.251 e. The van der Waals surface area contributed by atoms with Crippen LogP contribution in [0.4, 0.5) is 0 Å². The molecule has 0 saturated carbocycles. The van der Waals surface area contributed by atoms with Crippen LogP contribution in [0.2, 0.25) is 0 Å². The number of hydrogen-bond acceptors (Lipinski definition) is 2. The Balaban J connectivity index is 2.16. The number of rotatable bonds is 3. The number of hydrogen-bond donors (Lipinski definition) is 1. The molecule has 0 radical (unpaired) electrons. The van der Waals surface area contributed by atoms with Gasteiger partial charge in [0, 0.05) is 17.5 Å². The Labute approximate surface area is 94.4 Å². The van der Waals surface area contributed by atoms with Gasteiger partial charge in [0.25, 0.3) is 5.91 Å². The van der Waals surface area contributed by atoms with E-state index >= 15 is 0 Å². The standard InChI is InChI=1S/C13H15NO2/c1-9(2)8-14-13(15)11-3-4-12-10(7-11)5-6-16-12/h3-7,9H,8H2,1-2H3,(H,14,15). The van der Waals surface area contributed by atoms with Gasteiger partial charge in [-0.1, -0.05) is 13.8 Å². The minimum atomic E-state index is -0.0307. The van der Waals surface area contributed by atoms with E-state index in [0.29, 0.717) is 18.0 Å². The van der Waals surface area contributed by atoms with Crippen LogP contribution in [0.3, 0.4) is 0 Å². The fourth-order valence-corrected chi connectivity index (χ4v) is 1.51. The van der Waals surface area contributed by atoms with Crippen LogP contribution < -0.4 is 5.32 Å². The number of amides is 1. The third kappa shape index (κ3) is 2.24.